The number of urea groups is 1. The van der Waals surface area contributed by atoms with Crippen molar-refractivity contribution in [3.05, 3.63) is 82.3 Å². The maximum atomic E-state index is 13.6. The molecule has 0 atom stereocenters. The van der Waals surface area contributed by atoms with Gasteiger partial charge < -0.3 is 4.57 Å². The first-order valence-corrected chi connectivity index (χ1v) is 14.3. The van der Waals surface area contributed by atoms with E-state index in [-0.39, 0.29) is 11.0 Å². The van der Waals surface area contributed by atoms with Crippen LogP contribution in [0.5, 0.6) is 0 Å². The number of carbonyl (C=O) groups is 3. The van der Waals surface area contributed by atoms with E-state index in [2.05, 4.69) is 22.4 Å². The summed E-state index contributed by atoms with van der Waals surface area (Å²) in [7, 11) is 0. The number of aryl methyl sites for hydroxylation is 2. The molecular formula is C33H34N4O3. The van der Waals surface area contributed by atoms with Crippen LogP contribution >= 0.6 is 0 Å². The van der Waals surface area contributed by atoms with E-state index in [0.29, 0.717) is 5.69 Å². The van der Waals surface area contributed by atoms with E-state index >= 15 is 0 Å². The third-order valence-corrected chi connectivity index (χ3v) is 9.77. The minimum absolute atomic E-state index is 0.0677. The quantitative estimate of drug-likeness (QED) is 0.332. The standard InChI is InChI=1S/C33H34N4O3/c1-19-4-9-29(34-18-19)36-20(2)10-25(21(36)3)14-28-30(38)35-32(40)37(31(28)39)27-7-5-26(6-8-27)33-15-22-11-23(16-33)13-24(12-22)17-33/h4-10,14,18,22-24H,11-13,15-17H2,1-3H3,(H,35,38,40)/b28-14+. The maximum Gasteiger partial charge on any atom is 0.335 e. The molecule has 3 heterocycles. The topological polar surface area (TPSA) is 84.3 Å². The number of amides is 4. The van der Waals surface area contributed by atoms with Gasteiger partial charge in [-0.05, 0) is 129 Å². The molecule has 8 rings (SSSR count). The average molecular weight is 535 g/mol. The molecule has 0 unspecified atom stereocenters. The number of hydrogen-bond acceptors (Lipinski definition) is 4. The second kappa shape index (κ2) is 9.01. The first kappa shape index (κ1) is 25.0. The number of nitrogens with zero attached hydrogens (tertiary/aromatic N) is 3. The van der Waals surface area contributed by atoms with Gasteiger partial charge in [0.1, 0.15) is 11.4 Å². The van der Waals surface area contributed by atoms with Crippen LogP contribution in [0.1, 0.15) is 66.6 Å². The molecule has 5 aliphatic rings. The molecule has 7 heteroatoms. The van der Waals surface area contributed by atoms with E-state index in [1.165, 1.54) is 44.1 Å². The van der Waals surface area contributed by atoms with Crippen molar-refractivity contribution in [1.82, 2.24) is 14.9 Å². The number of carbonyl (C=O) groups excluding carboxylic acids is 3. The van der Waals surface area contributed by atoms with Crippen molar-refractivity contribution in [2.75, 3.05) is 4.90 Å². The third kappa shape index (κ3) is 3.94. The highest BCUT2D eigenvalue weighted by molar-refractivity contribution is 6.39. The van der Waals surface area contributed by atoms with E-state index in [1.807, 2.05) is 61.9 Å². The summed E-state index contributed by atoms with van der Waals surface area (Å²) in [6.07, 6.45) is 11.3. The summed E-state index contributed by atoms with van der Waals surface area (Å²) >= 11 is 0. The largest absolute Gasteiger partial charge is 0.335 e. The normalized spacial score (nSPS) is 28.5. The van der Waals surface area contributed by atoms with Crippen LogP contribution in [0.3, 0.4) is 0 Å². The van der Waals surface area contributed by atoms with Crippen LogP contribution in [-0.2, 0) is 15.0 Å². The lowest BCUT2D eigenvalue weighted by Gasteiger charge is -2.57. The fraction of sp³-hybridized carbons (Fsp3) is 0.394. The minimum atomic E-state index is -0.718. The molecule has 1 aliphatic heterocycles. The maximum absolute atomic E-state index is 13.6. The Bertz CT molecular complexity index is 1540. The smallest absolute Gasteiger partial charge is 0.303 e. The SMILES string of the molecule is Cc1ccc(-n2c(C)cc(/C=C3\C(=O)NC(=O)N(c4ccc(C56CC7CC(CC(C7)C5)C6)cc4)C3=O)c2C)nc1. The van der Waals surface area contributed by atoms with E-state index in [1.54, 1.807) is 6.08 Å². The molecular weight excluding hydrogens is 500 g/mol. The molecule has 2 aromatic heterocycles. The Hall–Kier alpha value is -4.00. The molecule has 4 bridgehead atoms. The van der Waals surface area contributed by atoms with Gasteiger partial charge in [0.15, 0.2) is 0 Å². The lowest BCUT2D eigenvalue weighted by molar-refractivity contribution is -0.122. The van der Waals surface area contributed by atoms with Gasteiger partial charge in [0.05, 0.1) is 5.69 Å². The van der Waals surface area contributed by atoms with E-state index in [0.717, 1.165) is 51.0 Å². The molecule has 4 amide bonds. The van der Waals surface area contributed by atoms with Gasteiger partial charge >= 0.3 is 6.03 Å². The van der Waals surface area contributed by atoms with Crippen LogP contribution in [0.4, 0.5) is 10.5 Å². The van der Waals surface area contributed by atoms with Gasteiger partial charge in [0.2, 0.25) is 0 Å². The molecule has 4 aliphatic carbocycles. The summed E-state index contributed by atoms with van der Waals surface area (Å²) in [5, 5.41) is 2.37. The van der Waals surface area contributed by atoms with Crippen LogP contribution < -0.4 is 10.2 Å². The fourth-order valence-electron chi connectivity index (χ4n) is 8.35. The van der Waals surface area contributed by atoms with E-state index in [9.17, 15) is 14.4 Å². The second-order valence-corrected chi connectivity index (χ2v) is 12.6. The van der Waals surface area contributed by atoms with Gasteiger partial charge in [0.25, 0.3) is 11.8 Å². The molecule has 3 aromatic rings. The zero-order valence-corrected chi connectivity index (χ0v) is 23.2. The Morgan fingerprint density at radius 1 is 0.900 bits per heavy atom. The predicted octanol–water partition coefficient (Wildman–Crippen LogP) is 5.93. The molecule has 1 saturated heterocycles. The Kier molecular flexibility index (Phi) is 5.63. The van der Waals surface area contributed by atoms with Gasteiger partial charge in [-0.25, -0.2) is 14.7 Å². The zero-order valence-electron chi connectivity index (χ0n) is 23.2. The number of benzene rings is 1. The second-order valence-electron chi connectivity index (χ2n) is 12.6. The van der Waals surface area contributed by atoms with Crippen LogP contribution in [0.15, 0.2) is 54.2 Å². The molecule has 0 radical (unpaired) electrons. The summed E-state index contributed by atoms with van der Waals surface area (Å²) in [5.74, 6) is 1.97. The van der Waals surface area contributed by atoms with Gasteiger partial charge in [-0.15, -0.1) is 0 Å². The lowest BCUT2D eigenvalue weighted by Crippen LogP contribution is -2.54. The fourth-order valence-corrected chi connectivity index (χ4v) is 8.35. The van der Waals surface area contributed by atoms with Crippen molar-refractivity contribution in [3.63, 3.8) is 0 Å². The summed E-state index contributed by atoms with van der Waals surface area (Å²) in [6.45, 7) is 5.87. The monoisotopic (exact) mass is 534 g/mol. The molecule has 0 spiro atoms. The summed E-state index contributed by atoms with van der Waals surface area (Å²) in [6, 6.07) is 13.1. The van der Waals surface area contributed by atoms with E-state index < -0.39 is 17.8 Å². The molecule has 204 valence electrons. The Labute approximate surface area is 234 Å². The number of hydrogen-bond donors (Lipinski definition) is 1. The van der Waals surface area contributed by atoms with Crippen molar-refractivity contribution in [1.29, 1.82) is 0 Å². The van der Waals surface area contributed by atoms with Crippen molar-refractivity contribution >= 4 is 29.6 Å². The lowest BCUT2D eigenvalue weighted by atomic mass is 9.48. The zero-order chi connectivity index (χ0) is 27.8. The van der Waals surface area contributed by atoms with Crippen LogP contribution in [-0.4, -0.2) is 27.4 Å². The van der Waals surface area contributed by atoms with Gasteiger partial charge in [0, 0.05) is 17.6 Å². The van der Waals surface area contributed by atoms with E-state index in [4.69, 9.17) is 0 Å². The van der Waals surface area contributed by atoms with Crippen LogP contribution in [0, 0.1) is 38.5 Å². The van der Waals surface area contributed by atoms with Crippen molar-refractivity contribution in [2.45, 2.75) is 64.7 Å². The highest BCUT2D eigenvalue weighted by atomic mass is 16.2. The number of anilines is 1. The number of rotatable bonds is 4. The Morgan fingerprint density at radius 2 is 1.55 bits per heavy atom. The van der Waals surface area contributed by atoms with Crippen molar-refractivity contribution in [3.8, 4) is 5.82 Å². The number of pyridine rings is 1. The molecule has 1 N–H and O–H groups in total. The van der Waals surface area contributed by atoms with Gasteiger partial charge in [-0.3, -0.25) is 14.9 Å². The highest BCUT2D eigenvalue weighted by Gasteiger charge is 2.51. The van der Waals surface area contributed by atoms with Gasteiger partial charge in [-0.2, -0.15) is 0 Å². The molecule has 4 saturated carbocycles. The first-order valence-electron chi connectivity index (χ1n) is 14.3. The Balaban J connectivity index is 1.19. The number of barbiturate groups is 1. The van der Waals surface area contributed by atoms with Gasteiger partial charge in [-0.1, -0.05) is 18.2 Å². The molecule has 40 heavy (non-hydrogen) atoms. The summed E-state index contributed by atoms with van der Waals surface area (Å²) in [5.41, 5.74) is 5.54. The first-order chi connectivity index (χ1) is 19.2. The number of nitrogens with one attached hydrogen (secondary N) is 1. The minimum Gasteiger partial charge on any atom is -0.303 e. The van der Waals surface area contributed by atoms with Crippen molar-refractivity contribution in [2.24, 2.45) is 17.8 Å². The molecule has 5 fully saturated rings. The third-order valence-electron chi connectivity index (χ3n) is 9.77. The highest BCUT2D eigenvalue weighted by Crippen LogP contribution is 2.60. The molecule has 7 nitrogen and oxygen atoms in total. The van der Waals surface area contributed by atoms with Crippen LogP contribution in [0.2, 0.25) is 0 Å². The predicted molar refractivity (Wildman–Crippen MR) is 153 cm³/mol. The summed E-state index contributed by atoms with van der Waals surface area (Å²) in [4.78, 5) is 45.0. The average Bonchev–Trinajstić information content (AvgIpc) is 3.19. The Morgan fingerprint density at radius 3 is 2.15 bits per heavy atom. The number of imide groups is 2. The van der Waals surface area contributed by atoms with Crippen LogP contribution in [0.25, 0.3) is 11.9 Å². The molecule has 1 aromatic carbocycles. The number of aromatic nitrogens is 2. The van der Waals surface area contributed by atoms with Crippen molar-refractivity contribution < 1.29 is 14.4 Å². The summed E-state index contributed by atoms with van der Waals surface area (Å²) < 4.78 is 1.99.